The summed E-state index contributed by atoms with van der Waals surface area (Å²) >= 11 is 2.00. The molecular weight excluding hydrogens is 316 g/mol. The van der Waals surface area contributed by atoms with Crippen LogP contribution in [0.15, 0.2) is 47.9 Å². The maximum atomic E-state index is 11.0. The number of thioether (sulfide) groups is 1. The van der Waals surface area contributed by atoms with Crippen molar-refractivity contribution in [1.82, 2.24) is 9.55 Å². The van der Waals surface area contributed by atoms with Gasteiger partial charge in [-0.2, -0.15) is 0 Å². The van der Waals surface area contributed by atoms with E-state index >= 15 is 0 Å². The first-order valence-corrected chi connectivity index (χ1v) is 9.89. The lowest BCUT2D eigenvalue weighted by Crippen LogP contribution is -2.32. The molecule has 1 fully saturated rings. The average molecular weight is 345 g/mol. The largest absolute Gasteiger partial charge is 0.385 e. The molecule has 24 heavy (non-hydrogen) atoms. The molecule has 1 N–H and O–H groups in total. The molecule has 3 rings (SSSR count). The summed E-state index contributed by atoms with van der Waals surface area (Å²) in [6, 6.07) is 8.53. The second-order valence-electron chi connectivity index (χ2n) is 7.21. The molecule has 1 saturated carbocycles. The van der Waals surface area contributed by atoms with Crippen molar-refractivity contribution in [3.05, 3.63) is 48.5 Å². The minimum atomic E-state index is -0.849. The molecule has 2 atom stereocenters. The highest BCUT2D eigenvalue weighted by Crippen LogP contribution is 2.36. The van der Waals surface area contributed by atoms with Crippen molar-refractivity contribution in [1.29, 1.82) is 0 Å². The maximum Gasteiger partial charge on any atom is 0.0946 e. The van der Waals surface area contributed by atoms with Crippen LogP contribution in [-0.2, 0) is 12.1 Å². The van der Waals surface area contributed by atoms with Gasteiger partial charge in [-0.15, -0.1) is 11.8 Å². The van der Waals surface area contributed by atoms with E-state index in [9.17, 15) is 5.11 Å². The van der Waals surface area contributed by atoms with Crippen molar-refractivity contribution in [3.8, 4) is 0 Å². The molecule has 1 heterocycles. The zero-order chi connectivity index (χ0) is 17.0. The van der Waals surface area contributed by atoms with Gasteiger partial charge in [-0.05, 0) is 37.5 Å². The molecule has 0 aliphatic heterocycles. The van der Waals surface area contributed by atoms with Crippen molar-refractivity contribution >= 4 is 11.8 Å². The van der Waals surface area contributed by atoms with E-state index in [0.29, 0.717) is 0 Å². The van der Waals surface area contributed by atoms with Gasteiger partial charge in [-0.3, -0.25) is 0 Å². The van der Waals surface area contributed by atoms with Gasteiger partial charge in [0.2, 0.25) is 0 Å². The first kappa shape index (κ1) is 17.6. The van der Waals surface area contributed by atoms with E-state index in [1.807, 2.05) is 29.4 Å². The predicted octanol–water partition coefficient (Wildman–Crippen LogP) is 4.85. The highest BCUT2D eigenvalue weighted by molar-refractivity contribution is 8.00. The molecule has 1 aromatic carbocycles. The minimum Gasteiger partial charge on any atom is -0.385 e. The zero-order valence-electron chi connectivity index (χ0n) is 14.7. The third-order valence-electron chi connectivity index (χ3n) is 5.30. The summed E-state index contributed by atoms with van der Waals surface area (Å²) in [6.07, 6.45) is 12.3. The Balaban J connectivity index is 1.64. The SMILES string of the molecule is CC(Cn1ccnc1)C(C)(O)c1ccc(SC2CCCCC2)cc1. The molecule has 0 radical (unpaired) electrons. The number of hydrogen-bond donors (Lipinski definition) is 1. The molecule has 2 unspecified atom stereocenters. The number of aliphatic hydroxyl groups is 1. The first-order valence-electron chi connectivity index (χ1n) is 9.01. The topological polar surface area (TPSA) is 38.0 Å². The van der Waals surface area contributed by atoms with E-state index in [1.165, 1.54) is 37.0 Å². The molecule has 2 aromatic rings. The van der Waals surface area contributed by atoms with Gasteiger partial charge in [0.15, 0.2) is 0 Å². The average Bonchev–Trinajstić information content (AvgIpc) is 3.09. The van der Waals surface area contributed by atoms with Crippen LogP contribution in [0, 0.1) is 5.92 Å². The van der Waals surface area contributed by atoms with Crippen LogP contribution in [0.1, 0.15) is 51.5 Å². The summed E-state index contributed by atoms with van der Waals surface area (Å²) in [5, 5.41) is 11.8. The van der Waals surface area contributed by atoms with Crippen LogP contribution in [0.3, 0.4) is 0 Å². The van der Waals surface area contributed by atoms with Crippen LogP contribution in [0.4, 0.5) is 0 Å². The molecule has 0 saturated heterocycles. The quantitative estimate of drug-likeness (QED) is 0.814. The highest BCUT2D eigenvalue weighted by Gasteiger charge is 2.30. The van der Waals surface area contributed by atoms with Crippen LogP contribution in [0.25, 0.3) is 0 Å². The molecule has 130 valence electrons. The molecule has 1 aliphatic rings. The van der Waals surface area contributed by atoms with E-state index in [4.69, 9.17) is 0 Å². The monoisotopic (exact) mass is 344 g/mol. The van der Waals surface area contributed by atoms with Gasteiger partial charge in [0.05, 0.1) is 11.9 Å². The Bertz CT molecular complexity index is 616. The minimum absolute atomic E-state index is 0.101. The van der Waals surface area contributed by atoms with Gasteiger partial charge >= 0.3 is 0 Å². The molecule has 4 heteroatoms. The molecule has 0 amide bonds. The van der Waals surface area contributed by atoms with Crippen LogP contribution in [0.2, 0.25) is 0 Å². The fourth-order valence-electron chi connectivity index (χ4n) is 3.42. The predicted molar refractivity (Wildman–Crippen MR) is 100 cm³/mol. The number of rotatable bonds is 6. The van der Waals surface area contributed by atoms with Gasteiger partial charge in [0, 0.05) is 35.0 Å². The second kappa shape index (κ2) is 7.75. The van der Waals surface area contributed by atoms with Crippen LogP contribution in [-0.4, -0.2) is 19.9 Å². The highest BCUT2D eigenvalue weighted by atomic mass is 32.2. The number of aromatic nitrogens is 2. The normalized spacial score (nSPS) is 19.8. The van der Waals surface area contributed by atoms with E-state index in [-0.39, 0.29) is 5.92 Å². The molecule has 0 bridgehead atoms. The lowest BCUT2D eigenvalue weighted by molar-refractivity contribution is -0.00546. The lowest BCUT2D eigenvalue weighted by atomic mass is 9.84. The summed E-state index contributed by atoms with van der Waals surface area (Å²) in [4.78, 5) is 5.40. The first-order chi connectivity index (χ1) is 11.6. The fraction of sp³-hybridized carbons (Fsp3) is 0.550. The molecule has 3 nitrogen and oxygen atoms in total. The zero-order valence-corrected chi connectivity index (χ0v) is 15.5. The van der Waals surface area contributed by atoms with E-state index in [1.54, 1.807) is 12.5 Å². The second-order valence-corrected chi connectivity index (χ2v) is 8.58. The smallest absolute Gasteiger partial charge is 0.0946 e. The summed E-state index contributed by atoms with van der Waals surface area (Å²) in [6.45, 7) is 4.76. The van der Waals surface area contributed by atoms with Gasteiger partial charge in [0.25, 0.3) is 0 Å². The van der Waals surface area contributed by atoms with Gasteiger partial charge in [-0.1, -0.05) is 38.3 Å². The van der Waals surface area contributed by atoms with E-state index in [0.717, 1.165) is 17.4 Å². The summed E-state index contributed by atoms with van der Waals surface area (Å²) in [5.74, 6) is 0.101. The van der Waals surface area contributed by atoms with Crippen molar-refractivity contribution in [2.24, 2.45) is 5.92 Å². The molecule has 0 spiro atoms. The Morgan fingerprint density at radius 3 is 2.58 bits per heavy atom. The van der Waals surface area contributed by atoms with E-state index < -0.39 is 5.60 Å². The fourth-order valence-corrected chi connectivity index (χ4v) is 4.67. The Morgan fingerprint density at radius 1 is 1.25 bits per heavy atom. The lowest BCUT2D eigenvalue weighted by Gasteiger charge is -2.31. The molecule has 1 aromatic heterocycles. The van der Waals surface area contributed by atoms with Crippen LogP contribution >= 0.6 is 11.8 Å². The Labute approximate surface area is 149 Å². The standard InChI is InChI=1S/C20H28N2OS/c1-16(14-22-13-12-21-15-22)20(2,23)17-8-10-19(11-9-17)24-18-6-4-3-5-7-18/h8-13,15-16,18,23H,3-7,14H2,1-2H3. The van der Waals surface area contributed by atoms with E-state index in [2.05, 4.69) is 36.2 Å². The van der Waals surface area contributed by atoms with Crippen molar-refractivity contribution < 1.29 is 5.11 Å². The number of nitrogens with zero attached hydrogens (tertiary/aromatic N) is 2. The molecule has 1 aliphatic carbocycles. The number of imidazole rings is 1. The third-order valence-corrected chi connectivity index (χ3v) is 6.65. The maximum absolute atomic E-state index is 11.0. The van der Waals surface area contributed by atoms with Crippen LogP contribution < -0.4 is 0 Å². The van der Waals surface area contributed by atoms with Gasteiger partial charge in [-0.25, -0.2) is 4.98 Å². The number of hydrogen-bond acceptors (Lipinski definition) is 3. The Hall–Kier alpha value is -1.26. The third kappa shape index (κ3) is 4.22. The van der Waals surface area contributed by atoms with Crippen molar-refractivity contribution in [2.45, 2.75) is 68.2 Å². The van der Waals surface area contributed by atoms with Crippen molar-refractivity contribution in [3.63, 3.8) is 0 Å². The number of benzene rings is 1. The summed E-state index contributed by atoms with van der Waals surface area (Å²) < 4.78 is 2.02. The Morgan fingerprint density at radius 2 is 1.96 bits per heavy atom. The Kier molecular flexibility index (Phi) is 5.67. The summed E-state index contributed by atoms with van der Waals surface area (Å²) in [5.41, 5.74) is 0.140. The van der Waals surface area contributed by atoms with Gasteiger partial charge < -0.3 is 9.67 Å². The van der Waals surface area contributed by atoms with Crippen LogP contribution in [0.5, 0.6) is 0 Å². The van der Waals surface area contributed by atoms with Gasteiger partial charge in [0.1, 0.15) is 0 Å². The summed E-state index contributed by atoms with van der Waals surface area (Å²) in [7, 11) is 0. The molecular formula is C20H28N2OS. The van der Waals surface area contributed by atoms with Crippen molar-refractivity contribution in [2.75, 3.05) is 0 Å².